The van der Waals surface area contributed by atoms with Crippen LogP contribution in [0.25, 0.3) is 11.2 Å². The molecule has 0 aliphatic carbocycles. The van der Waals surface area contributed by atoms with Crippen LogP contribution in [0.4, 0.5) is 5.82 Å². The molecule has 3 aromatic rings. The summed E-state index contributed by atoms with van der Waals surface area (Å²) in [5, 5.41) is 11.1. The first kappa shape index (κ1) is 21.5. The quantitative estimate of drug-likeness (QED) is 0.140. The number of aryl methyl sites for hydroxylation is 1. The maximum absolute atomic E-state index is 11.2. The van der Waals surface area contributed by atoms with Crippen molar-refractivity contribution in [3.63, 3.8) is 0 Å². The fourth-order valence-corrected chi connectivity index (χ4v) is 6.48. The molecule has 160 valence electrons. The van der Waals surface area contributed by atoms with Crippen molar-refractivity contribution in [1.82, 2.24) is 25.0 Å². The van der Waals surface area contributed by atoms with Gasteiger partial charge >= 0.3 is 190 Å². The molecular formula is C20H21AsN6O3S. The van der Waals surface area contributed by atoms with Crippen LogP contribution < -0.4 is 16.0 Å². The number of carbonyl (C=O) groups excluding carboxylic acids is 1. The van der Waals surface area contributed by atoms with Gasteiger partial charge in [-0.1, -0.05) is 0 Å². The van der Waals surface area contributed by atoms with Gasteiger partial charge < -0.3 is 0 Å². The number of fused-ring (bicyclic) bond motifs is 2. The topological polar surface area (TPSA) is 128 Å². The number of nitrogens with one attached hydrogen (secondary N) is 1. The Hall–Kier alpha value is -2.73. The average Bonchev–Trinajstić information content (AvgIpc) is 3.37. The number of carbonyl (C=O) groups is 1. The summed E-state index contributed by atoms with van der Waals surface area (Å²) >= 11 is 1.09. The number of hydrogen-bond acceptors (Lipinski definition) is 8. The number of anilines is 1. The molecule has 0 fully saturated rings. The van der Waals surface area contributed by atoms with Gasteiger partial charge in [0.05, 0.1) is 0 Å². The molecule has 4 rings (SSSR count). The number of rotatable bonds is 8. The molecule has 0 spiro atoms. The van der Waals surface area contributed by atoms with Crippen molar-refractivity contribution >= 4 is 50.4 Å². The summed E-state index contributed by atoms with van der Waals surface area (Å²) in [6.07, 6.45) is 8.39. The molecule has 2 aromatic heterocycles. The number of imidazole rings is 1. The summed E-state index contributed by atoms with van der Waals surface area (Å²) in [5.74, 6) is 3.60. The van der Waals surface area contributed by atoms with E-state index < -0.39 is 0 Å². The van der Waals surface area contributed by atoms with Crippen molar-refractivity contribution in [2.24, 2.45) is 0 Å². The van der Waals surface area contributed by atoms with E-state index in [1.165, 1.54) is 18.1 Å². The number of amides is 1. The number of hydrogen-bond donors (Lipinski definition) is 3. The molecule has 4 N–H and O–H groups in total. The Morgan fingerprint density at radius 1 is 1.42 bits per heavy atom. The van der Waals surface area contributed by atoms with Crippen LogP contribution in [0.2, 0.25) is 10.4 Å². The maximum atomic E-state index is 11.2. The van der Waals surface area contributed by atoms with E-state index in [0.717, 1.165) is 43.8 Å². The number of benzene rings is 1. The monoisotopic (exact) mass is 500 g/mol. The molecule has 1 unspecified atom stereocenters. The Kier molecular flexibility index (Phi) is 6.66. The van der Waals surface area contributed by atoms with Gasteiger partial charge in [-0.3, -0.25) is 0 Å². The molecule has 0 radical (unpaired) electrons. The molecule has 9 nitrogen and oxygen atoms in total. The first-order chi connectivity index (χ1) is 15.1. The van der Waals surface area contributed by atoms with E-state index in [0.29, 0.717) is 36.6 Å². The molecule has 1 aromatic carbocycles. The van der Waals surface area contributed by atoms with E-state index in [1.54, 1.807) is 5.48 Å². The van der Waals surface area contributed by atoms with E-state index in [2.05, 4.69) is 15.9 Å². The second-order valence-corrected chi connectivity index (χ2v) is 11.0. The van der Waals surface area contributed by atoms with Crippen LogP contribution in [0, 0.1) is 12.3 Å². The molecule has 0 saturated heterocycles. The fourth-order valence-electron chi connectivity index (χ4n) is 3.29. The minimum absolute atomic E-state index is 0.329. The zero-order chi connectivity index (χ0) is 21.8. The Bertz CT molecular complexity index is 1180. The first-order valence-electron chi connectivity index (χ1n) is 9.65. The first-order valence-corrected chi connectivity index (χ1v) is 13.4. The second kappa shape index (κ2) is 9.60. The van der Waals surface area contributed by atoms with Gasteiger partial charge in [-0.15, -0.1) is 0 Å². The molecule has 1 atom stereocenters. The van der Waals surface area contributed by atoms with Crippen molar-refractivity contribution in [3.8, 4) is 18.1 Å². The third-order valence-electron chi connectivity index (χ3n) is 4.84. The van der Waals surface area contributed by atoms with Gasteiger partial charge in [0, 0.05) is 0 Å². The van der Waals surface area contributed by atoms with E-state index in [1.807, 2.05) is 16.7 Å². The van der Waals surface area contributed by atoms with Crippen molar-refractivity contribution in [1.29, 1.82) is 0 Å². The van der Waals surface area contributed by atoms with E-state index >= 15 is 0 Å². The summed E-state index contributed by atoms with van der Waals surface area (Å²) in [6, 6.07) is 3.98. The minimum atomic E-state index is -0.371. The van der Waals surface area contributed by atoms with Gasteiger partial charge in [-0.05, 0) is 0 Å². The van der Waals surface area contributed by atoms with Gasteiger partial charge in [-0.2, -0.15) is 0 Å². The molecular weight excluding hydrogens is 479 g/mol. The van der Waals surface area contributed by atoms with Crippen molar-refractivity contribution in [2.45, 2.75) is 39.9 Å². The molecule has 1 aliphatic rings. The van der Waals surface area contributed by atoms with Crippen LogP contribution in [0.1, 0.15) is 17.5 Å². The Balaban J connectivity index is 1.60. The summed E-state index contributed by atoms with van der Waals surface area (Å²) in [5.41, 5.74) is 10.9. The number of nitrogen functional groups attached to an aromatic ring is 1. The number of ether oxygens (including phenoxy) is 1. The number of nitrogens with zero attached hydrogens (tertiary/aromatic N) is 4. The van der Waals surface area contributed by atoms with Gasteiger partial charge in [0.15, 0.2) is 0 Å². The van der Waals surface area contributed by atoms with Crippen LogP contribution >= 0.6 is 11.8 Å². The number of aromatic nitrogens is 4. The molecule has 0 bridgehead atoms. The SMILES string of the molecule is C#Cc1cc2c(cc1Sc1nc3c(N)ncnc3n1CC[AsH]CCC(=O)NO)OCC2. The van der Waals surface area contributed by atoms with E-state index in [-0.39, 0.29) is 21.7 Å². The third kappa shape index (κ3) is 4.64. The summed E-state index contributed by atoms with van der Waals surface area (Å²) in [7, 11) is 0. The van der Waals surface area contributed by atoms with Crippen LogP contribution in [0.3, 0.4) is 0 Å². The number of terminal acetylenes is 1. The standard InChI is InChI=1S/C20H21AsN6O3S/c1-2-12-9-13-4-8-30-14(13)10-15(12)31-20-25-17-18(22)23-11-24-19(17)27(20)7-6-21-5-3-16(28)26-29/h1,9-11,21,29H,3-8H2,(H,26,28)(H2,22,23,24). The normalized spacial score (nSPS) is 12.8. The zero-order valence-corrected chi connectivity index (χ0v) is 19.5. The fraction of sp³-hybridized carbons (Fsp3) is 0.300. The van der Waals surface area contributed by atoms with Gasteiger partial charge in [0.25, 0.3) is 0 Å². The van der Waals surface area contributed by atoms with E-state index in [9.17, 15) is 4.79 Å². The zero-order valence-electron chi connectivity index (χ0n) is 16.6. The predicted octanol–water partition coefficient (Wildman–Crippen LogP) is 1.64. The molecule has 3 heterocycles. The molecule has 0 saturated carbocycles. The number of nitrogens with two attached hydrogens (primary N) is 1. The second-order valence-electron chi connectivity index (χ2n) is 6.81. The Labute approximate surface area is 189 Å². The van der Waals surface area contributed by atoms with Gasteiger partial charge in [-0.25, -0.2) is 0 Å². The number of hydroxylamine groups is 1. The Morgan fingerprint density at radius 3 is 3.10 bits per heavy atom. The van der Waals surface area contributed by atoms with Gasteiger partial charge in [0.1, 0.15) is 0 Å². The van der Waals surface area contributed by atoms with Crippen LogP contribution in [-0.2, 0) is 17.8 Å². The van der Waals surface area contributed by atoms with E-state index in [4.69, 9.17) is 27.1 Å². The molecule has 31 heavy (non-hydrogen) atoms. The van der Waals surface area contributed by atoms with Crippen LogP contribution in [0.15, 0.2) is 28.5 Å². The predicted molar refractivity (Wildman–Crippen MR) is 119 cm³/mol. The molecule has 1 amide bonds. The van der Waals surface area contributed by atoms with Crippen molar-refractivity contribution < 1.29 is 14.7 Å². The average molecular weight is 500 g/mol. The van der Waals surface area contributed by atoms with Crippen molar-refractivity contribution in [3.05, 3.63) is 29.6 Å². The Morgan fingerprint density at radius 2 is 2.29 bits per heavy atom. The van der Waals surface area contributed by atoms with Crippen LogP contribution in [-0.4, -0.2) is 53.0 Å². The van der Waals surface area contributed by atoms with Crippen LogP contribution in [0.5, 0.6) is 5.75 Å². The third-order valence-corrected chi connectivity index (χ3v) is 8.37. The molecule has 11 heteroatoms. The summed E-state index contributed by atoms with van der Waals surface area (Å²) < 4.78 is 7.74. The molecule has 1 aliphatic heterocycles. The summed E-state index contributed by atoms with van der Waals surface area (Å²) in [6.45, 7) is 1.36. The van der Waals surface area contributed by atoms with Gasteiger partial charge in [0.2, 0.25) is 0 Å². The summed E-state index contributed by atoms with van der Waals surface area (Å²) in [4.78, 5) is 25.2. The van der Waals surface area contributed by atoms with Crippen molar-refractivity contribution in [2.75, 3.05) is 12.3 Å².